The van der Waals surface area contributed by atoms with Crippen molar-refractivity contribution in [3.8, 4) is 0 Å². The zero-order valence-corrected chi connectivity index (χ0v) is 12.4. The molecule has 0 amide bonds. The fourth-order valence-electron chi connectivity index (χ4n) is 1.76. The summed E-state index contributed by atoms with van der Waals surface area (Å²) in [7, 11) is 0. The fourth-order valence-corrected chi connectivity index (χ4v) is 2.67. The Kier molecular flexibility index (Phi) is 7.83. The molecular formula is C16H24OS. The van der Waals surface area contributed by atoms with Gasteiger partial charge in [-0.05, 0) is 30.7 Å². The van der Waals surface area contributed by atoms with Crippen LogP contribution in [0.25, 0.3) is 0 Å². The maximum Gasteiger partial charge on any atom is 0.162 e. The molecule has 0 saturated heterocycles. The number of ketones is 1. The van der Waals surface area contributed by atoms with Crippen LogP contribution in [0, 0.1) is 0 Å². The van der Waals surface area contributed by atoms with Crippen molar-refractivity contribution >= 4 is 17.5 Å². The van der Waals surface area contributed by atoms with Gasteiger partial charge in [0.2, 0.25) is 0 Å². The number of hydrogen-bond donors (Lipinski definition) is 0. The predicted molar refractivity (Wildman–Crippen MR) is 80.5 cm³/mol. The minimum Gasteiger partial charge on any atom is -0.294 e. The highest BCUT2D eigenvalue weighted by Gasteiger charge is 2.04. The monoisotopic (exact) mass is 264 g/mol. The van der Waals surface area contributed by atoms with Gasteiger partial charge in [0, 0.05) is 16.9 Å². The van der Waals surface area contributed by atoms with Crippen molar-refractivity contribution in [1.82, 2.24) is 0 Å². The molecule has 0 radical (unpaired) electrons. The first-order chi connectivity index (χ1) is 8.77. The van der Waals surface area contributed by atoms with E-state index in [-0.39, 0.29) is 5.78 Å². The molecule has 1 aromatic rings. The lowest BCUT2D eigenvalue weighted by atomic mass is 10.1. The van der Waals surface area contributed by atoms with Gasteiger partial charge < -0.3 is 0 Å². The SMILES string of the molecule is CCCCCSc1ccc(C(=O)CCCC)cc1. The normalized spacial score (nSPS) is 10.6. The van der Waals surface area contributed by atoms with Crippen LogP contribution in [0.5, 0.6) is 0 Å². The average Bonchev–Trinajstić information content (AvgIpc) is 2.41. The van der Waals surface area contributed by atoms with Gasteiger partial charge in [0.05, 0.1) is 0 Å². The first-order valence-electron chi connectivity index (χ1n) is 7.04. The number of carbonyl (C=O) groups is 1. The zero-order chi connectivity index (χ0) is 13.2. The molecule has 0 heterocycles. The lowest BCUT2D eigenvalue weighted by molar-refractivity contribution is 0.0979. The molecule has 0 N–H and O–H groups in total. The van der Waals surface area contributed by atoms with Crippen LogP contribution in [0.2, 0.25) is 0 Å². The summed E-state index contributed by atoms with van der Waals surface area (Å²) in [4.78, 5) is 13.1. The van der Waals surface area contributed by atoms with E-state index in [0.29, 0.717) is 6.42 Å². The summed E-state index contributed by atoms with van der Waals surface area (Å²) in [5.41, 5.74) is 0.862. The van der Waals surface area contributed by atoms with Gasteiger partial charge in [-0.15, -0.1) is 11.8 Å². The summed E-state index contributed by atoms with van der Waals surface area (Å²) in [5.74, 6) is 1.45. The number of benzene rings is 1. The molecule has 0 aliphatic heterocycles. The van der Waals surface area contributed by atoms with E-state index >= 15 is 0 Å². The Balaban J connectivity index is 2.39. The molecule has 0 saturated carbocycles. The Morgan fingerprint density at radius 1 is 1.00 bits per heavy atom. The molecule has 0 unspecified atom stereocenters. The van der Waals surface area contributed by atoms with E-state index in [1.54, 1.807) is 0 Å². The van der Waals surface area contributed by atoms with Crippen molar-refractivity contribution in [2.45, 2.75) is 57.3 Å². The van der Waals surface area contributed by atoms with Crippen LogP contribution in [0.1, 0.15) is 62.7 Å². The highest BCUT2D eigenvalue weighted by atomic mass is 32.2. The maximum absolute atomic E-state index is 11.8. The highest BCUT2D eigenvalue weighted by Crippen LogP contribution is 2.20. The minimum atomic E-state index is 0.277. The van der Waals surface area contributed by atoms with Gasteiger partial charge in [0.15, 0.2) is 5.78 Å². The molecule has 1 nitrogen and oxygen atoms in total. The Morgan fingerprint density at radius 3 is 2.28 bits per heavy atom. The highest BCUT2D eigenvalue weighted by molar-refractivity contribution is 7.99. The van der Waals surface area contributed by atoms with Gasteiger partial charge in [-0.3, -0.25) is 4.79 Å². The van der Waals surface area contributed by atoms with Gasteiger partial charge >= 0.3 is 0 Å². The molecular weight excluding hydrogens is 240 g/mol. The minimum absolute atomic E-state index is 0.277. The second-order valence-electron chi connectivity index (χ2n) is 4.61. The summed E-state index contributed by atoms with van der Waals surface area (Å²) in [6.45, 7) is 4.34. The predicted octanol–water partition coefficient (Wildman–Crippen LogP) is 5.34. The van der Waals surface area contributed by atoms with Crippen molar-refractivity contribution in [2.75, 3.05) is 5.75 Å². The first kappa shape index (κ1) is 15.3. The quantitative estimate of drug-likeness (QED) is 0.340. The van der Waals surface area contributed by atoms with Crippen LogP contribution in [-0.2, 0) is 0 Å². The summed E-state index contributed by atoms with van der Waals surface area (Å²) < 4.78 is 0. The van der Waals surface area contributed by atoms with E-state index in [4.69, 9.17) is 0 Å². The van der Waals surface area contributed by atoms with Crippen LogP contribution < -0.4 is 0 Å². The van der Waals surface area contributed by atoms with Gasteiger partial charge in [0.25, 0.3) is 0 Å². The molecule has 18 heavy (non-hydrogen) atoms. The topological polar surface area (TPSA) is 17.1 Å². The molecule has 0 aliphatic rings. The third-order valence-electron chi connectivity index (χ3n) is 2.95. The molecule has 100 valence electrons. The van der Waals surface area contributed by atoms with Crippen molar-refractivity contribution in [3.05, 3.63) is 29.8 Å². The Hall–Kier alpha value is -0.760. The second kappa shape index (κ2) is 9.21. The molecule has 1 aromatic carbocycles. The van der Waals surface area contributed by atoms with Crippen LogP contribution in [0.4, 0.5) is 0 Å². The van der Waals surface area contributed by atoms with Crippen LogP contribution in [0.3, 0.4) is 0 Å². The van der Waals surface area contributed by atoms with Crippen LogP contribution in [-0.4, -0.2) is 11.5 Å². The largest absolute Gasteiger partial charge is 0.294 e. The summed E-state index contributed by atoms with van der Waals surface area (Å²) in [6, 6.07) is 8.10. The summed E-state index contributed by atoms with van der Waals surface area (Å²) in [6.07, 6.45) is 6.60. The van der Waals surface area contributed by atoms with Gasteiger partial charge in [-0.2, -0.15) is 0 Å². The maximum atomic E-state index is 11.8. The molecule has 0 aromatic heterocycles. The van der Waals surface area contributed by atoms with Crippen molar-refractivity contribution in [1.29, 1.82) is 0 Å². The molecule has 0 spiro atoms. The molecule has 2 heteroatoms. The molecule has 1 rings (SSSR count). The van der Waals surface area contributed by atoms with Crippen molar-refractivity contribution in [3.63, 3.8) is 0 Å². The smallest absolute Gasteiger partial charge is 0.162 e. The number of unbranched alkanes of at least 4 members (excludes halogenated alkanes) is 3. The Labute approximate surface area is 115 Å². The van der Waals surface area contributed by atoms with E-state index < -0.39 is 0 Å². The van der Waals surface area contributed by atoms with E-state index in [1.807, 2.05) is 23.9 Å². The van der Waals surface area contributed by atoms with E-state index in [9.17, 15) is 4.79 Å². The van der Waals surface area contributed by atoms with Crippen LogP contribution in [0.15, 0.2) is 29.2 Å². The number of hydrogen-bond acceptors (Lipinski definition) is 2. The van der Waals surface area contributed by atoms with E-state index in [2.05, 4.69) is 26.0 Å². The van der Waals surface area contributed by atoms with E-state index in [1.165, 1.54) is 29.9 Å². The Morgan fingerprint density at radius 2 is 1.67 bits per heavy atom. The molecule has 0 fully saturated rings. The van der Waals surface area contributed by atoms with Crippen molar-refractivity contribution in [2.24, 2.45) is 0 Å². The number of thioether (sulfide) groups is 1. The number of rotatable bonds is 9. The van der Waals surface area contributed by atoms with Gasteiger partial charge in [0.1, 0.15) is 0 Å². The summed E-state index contributed by atoms with van der Waals surface area (Å²) in [5, 5.41) is 0. The van der Waals surface area contributed by atoms with E-state index in [0.717, 1.165) is 18.4 Å². The lowest BCUT2D eigenvalue weighted by Gasteiger charge is -2.03. The fraction of sp³-hybridized carbons (Fsp3) is 0.562. The second-order valence-corrected chi connectivity index (χ2v) is 5.78. The number of carbonyl (C=O) groups excluding carboxylic acids is 1. The zero-order valence-electron chi connectivity index (χ0n) is 11.6. The molecule has 0 bridgehead atoms. The number of Topliss-reactive ketones (excluding diaryl/α,β-unsaturated/α-hetero) is 1. The standard InChI is InChI=1S/C16H24OS/c1-3-5-7-13-18-15-11-9-14(10-12-15)16(17)8-6-4-2/h9-12H,3-8,13H2,1-2H3. The molecule has 0 atom stereocenters. The summed E-state index contributed by atoms with van der Waals surface area (Å²) >= 11 is 1.89. The van der Waals surface area contributed by atoms with Crippen molar-refractivity contribution < 1.29 is 4.79 Å². The average molecular weight is 264 g/mol. The van der Waals surface area contributed by atoms with Gasteiger partial charge in [-0.1, -0.05) is 45.2 Å². The Bertz CT molecular complexity index is 343. The molecule has 0 aliphatic carbocycles. The first-order valence-corrected chi connectivity index (χ1v) is 8.02. The third kappa shape index (κ3) is 5.72. The third-order valence-corrected chi connectivity index (χ3v) is 4.05. The lowest BCUT2D eigenvalue weighted by Crippen LogP contribution is -1.98. The van der Waals surface area contributed by atoms with Crippen LogP contribution >= 0.6 is 11.8 Å². The van der Waals surface area contributed by atoms with Gasteiger partial charge in [-0.25, -0.2) is 0 Å².